The summed E-state index contributed by atoms with van der Waals surface area (Å²) in [6, 6.07) is 10.0. The second-order valence-electron chi connectivity index (χ2n) is 7.25. The number of carbonyl (C=O) groups is 2. The molecule has 16 heteroatoms. The Balaban J connectivity index is 0.000000552. The van der Waals surface area contributed by atoms with E-state index in [1.54, 1.807) is 0 Å². The molecule has 16 nitrogen and oxygen atoms in total. The lowest BCUT2D eigenvalue weighted by Gasteiger charge is -1.99. The zero-order valence-corrected chi connectivity index (χ0v) is 20.2. The van der Waals surface area contributed by atoms with Crippen molar-refractivity contribution in [2.75, 3.05) is 0 Å². The normalized spacial score (nSPS) is 9.23. The molecule has 4 aromatic heterocycles. The summed E-state index contributed by atoms with van der Waals surface area (Å²) < 4.78 is 0. The molecular weight excluding hydrogens is 520 g/mol. The molecule has 0 radical (unpaired) electrons. The summed E-state index contributed by atoms with van der Waals surface area (Å²) in [6.45, 7) is 0. The first-order valence-corrected chi connectivity index (χ1v) is 10.6. The fraction of sp³-hybridized carbons (Fsp3) is 0.130. The van der Waals surface area contributed by atoms with Gasteiger partial charge in [-0.15, -0.1) is 0 Å². The topological polar surface area (TPSA) is 303 Å². The number of carbonyl (C=O) groups excluding carboxylic acids is 2. The Morgan fingerprint density at radius 3 is 1.23 bits per heavy atom. The lowest BCUT2D eigenvalue weighted by molar-refractivity contribution is -0.378. The van der Waals surface area contributed by atoms with Crippen molar-refractivity contribution in [2.45, 2.75) is 19.3 Å². The van der Waals surface area contributed by atoms with E-state index in [2.05, 4.69) is 34.2 Å². The minimum Gasteiger partial charge on any atom is -0.543 e. The molecule has 0 atom stereocenters. The summed E-state index contributed by atoms with van der Waals surface area (Å²) in [5.74, 6) is -3.18. The van der Waals surface area contributed by atoms with E-state index in [0.717, 1.165) is 25.0 Å². The summed E-state index contributed by atoms with van der Waals surface area (Å²) in [5.41, 5.74) is -1.53. The van der Waals surface area contributed by atoms with Gasteiger partial charge in [0.1, 0.15) is 0 Å². The predicted molar refractivity (Wildman–Crippen MR) is 129 cm³/mol. The Morgan fingerprint density at radius 2 is 0.949 bits per heavy atom. The van der Waals surface area contributed by atoms with Crippen LogP contribution in [0.15, 0.2) is 80.4 Å². The Kier molecular flexibility index (Phi) is 14.7. The monoisotopic (exact) mass is 546 g/mol. The third-order valence-corrected chi connectivity index (χ3v) is 4.47. The van der Waals surface area contributed by atoms with Crippen LogP contribution in [-0.4, -0.2) is 42.8 Å². The molecule has 0 aliphatic carbocycles. The highest BCUT2D eigenvalue weighted by Crippen LogP contribution is 2.05. The third-order valence-electron chi connectivity index (χ3n) is 4.47. The first kappa shape index (κ1) is 33.5. The molecule has 0 aromatic carbocycles. The van der Waals surface area contributed by atoms with Gasteiger partial charge in [-0.3, -0.25) is 19.6 Å². The smallest absolute Gasteiger partial charge is 0.326 e. The largest absolute Gasteiger partial charge is 0.543 e. The number of aryl methyl sites for hydroxylation is 2. The molecule has 0 spiro atoms. The zero-order valence-electron chi connectivity index (χ0n) is 20.2. The van der Waals surface area contributed by atoms with Gasteiger partial charge in [-0.1, -0.05) is 0 Å². The molecule has 0 saturated carbocycles. The molecule has 0 unspecified atom stereocenters. The van der Waals surface area contributed by atoms with Crippen LogP contribution in [0.5, 0.6) is 0 Å². The van der Waals surface area contributed by atoms with Crippen molar-refractivity contribution >= 4 is 11.9 Å². The molecule has 0 bridgehead atoms. The van der Waals surface area contributed by atoms with E-state index in [1.807, 2.05) is 44.7 Å². The molecule has 0 saturated heterocycles. The molecule has 39 heavy (non-hydrogen) atoms. The van der Waals surface area contributed by atoms with Crippen molar-refractivity contribution in [3.8, 4) is 0 Å². The van der Waals surface area contributed by atoms with Crippen molar-refractivity contribution in [1.82, 2.24) is 19.9 Å². The fourth-order valence-electron chi connectivity index (χ4n) is 2.83. The maximum absolute atomic E-state index is 10.4. The van der Waals surface area contributed by atoms with Crippen molar-refractivity contribution in [2.24, 2.45) is 0 Å². The molecule has 0 fully saturated rings. The van der Waals surface area contributed by atoms with Crippen molar-refractivity contribution in [1.29, 1.82) is 0 Å². The number of hydrogen-bond donors (Lipinski definition) is 4. The summed E-state index contributed by atoms with van der Waals surface area (Å²) in [4.78, 5) is 75.3. The molecule has 0 amide bonds. The number of carboxylic acid groups (broad SMARTS) is 2. The van der Waals surface area contributed by atoms with Crippen LogP contribution < -0.4 is 42.7 Å². The molecule has 0 aliphatic heterocycles. The molecule has 4 rings (SSSR count). The van der Waals surface area contributed by atoms with Gasteiger partial charge in [0, 0.05) is 36.4 Å². The van der Waals surface area contributed by atoms with Crippen LogP contribution in [0.4, 0.5) is 0 Å². The van der Waals surface area contributed by atoms with Crippen LogP contribution >= 0.6 is 0 Å². The summed E-state index contributed by atoms with van der Waals surface area (Å²) in [7, 11) is 0. The van der Waals surface area contributed by atoms with Crippen LogP contribution in [-0.2, 0) is 12.8 Å². The summed E-state index contributed by atoms with van der Waals surface area (Å²) >= 11 is 0. The van der Waals surface area contributed by atoms with Crippen molar-refractivity contribution in [3.63, 3.8) is 0 Å². The third kappa shape index (κ3) is 12.9. The number of aromatic amines is 6. The van der Waals surface area contributed by atoms with Crippen LogP contribution in [0.25, 0.3) is 0 Å². The first-order chi connectivity index (χ1) is 17.6. The minimum atomic E-state index is -1.59. The van der Waals surface area contributed by atoms with Crippen LogP contribution in [0.1, 0.15) is 38.5 Å². The summed E-state index contributed by atoms with van der Waals surface area (Å²) in [6.07, 6.45) is 11.4. The lowest BCUT2D eigenvalue weighted by atomic mass is 10.1. The Hall–Kier alpha value is -5.48. The van der Waals surface area contributed by atoms with Gasteiger partial charge in [-0.05, 0) is 30.4 Å². The van der Waals surface area contributed by atoms with E-state index in [4.69, 9.17) is 0 Å². The first-order valence-electron chi connectivity index (χ1n) is 10.6. The van der Waals surface area contributed by atoms with Crippen LogP contribution in [0, 0.1) is 0 Å². The number of pyridine rings is 2. The second kappa shape index (κ2) is 17.1. The van der Waals surface area contributed by atoms with Crippen LogP contribution in [0.2, 0.25) is 0 Å². The quantitative estimate of drug-likeness (QED) is 0.180. The van der Waals surface area contributed by atoms with Gasteiger partial charge in [0.25, 0.3) is 11.1 Å². The summed E-state index contributed by atoms with van der Waals surface area (Å²) in [5, 5.41) is 20.1. The van der Waals surface area contributed by atoms with E-state index in [9.17, 15) is 39.0 Å². The second-order valence-corrected chi connectivity index (χ2v) is 7.25. The highest BCUT2D eigenvalue weighted by molar-refractivity contribution is 5.83. The van der Waals surface area contributed by atoms with Gasteiger partial charge in [0.05, 0.1) is 23.3 Å². The predicted octanol–water partition coefficient (Wildman–Crippen LogP) is -5.31. The molecule has 4 heterocycles. The van der Waals surface area contributed by atoms with E-state index in [-0.39, 0.29) is 11.0 Å². The average molecular weight is 546 g/mol. The van der Waals surface area contributed by atoms with E-state index in [0.29, 0.717) is 0 Å². The standard InChI is InChI=1S/C13H14N2.2C5H4N2O4.2H2O/c1(2-12-4-8-14-9-5-12)3-13-6-10-15-11-7-13;2*8-3-1-2(4(9)10)6-5(11)7-3;;/h4-11H,1-3H2;2*1H,(H,9,10)(H2,6,7,8,11);2*1H2. The van der Waals surface area contributed by atoms with Crippen molar-refractivity contribution < 1.29 is 40.7 Å². The van der Waals surface area contributed by atoms with Gasteiger partial charge in [0.15, 0.2) is 24.8 Å². The Labute approximate surface area is 217 Å². The van der Waals surface area contributed by atoms with Gasteiger partial charge < -0.3 is 40.7 Å². The van der Waals surface area contributed by atoms with E-state index in [1.165, 1.54) is 17.5 Å². The van der Waals surface area contributed by atoms with Gasteiger partial charge >= 0.3 is 11.4 Å². The minimum absolute atomic E-state index is 0. The SMILES string of the molecule is O.O.O=C([O-])c1cc(=O)[nH]c(=O)[nH]1.O=C([O-])c1cc(=O)[nH]c(=O)[nH]1.c1cc(CCCc2cc[nH+]cc2)cc[nH+]1. The van der Waals surface area contributed by atoms with Gasteiger partial charge in [0.2, 0.25) is 0 Å². The maximum atomic E-state index is 10.4. The number of carboxylic acids is 2. The van der Waals surface area contributed by atoms with Gasteiger partial charge in [-0.25, -0.2) is 19.6 Å². The molecular formula is C23H26N6O10. The molecule has 10 N–H and O–H groups in total. The molecule has 208 valence electrons. The highest BCUT2D eigenvalue weighted by Gasteiger charge is 1.97. The number of aromatic carboxylic acids is 2. The molecule has 0 aliphatic rings. The Morgan fingerprint density at radius 1 is 0.615 bits per heavy atom. The van der Waals surface area contributed by atoms with E-state index >= 15 is 0 Å². The molecule has 4 aromatic rings. The highest BCUT2D eigenvalue weighted by atomic mass is 16.4. The van der Waals surface area contributed by atoms with Crippen LogP contribution in [0.3, 0.4) is 0 Å². The maximum Gasteiger partial charge on any atom is 0.326 e. The number of H-pyrrole nitrogens is 6. The zero-order chi connectivity index (χ0) is 27.2. The number of rotatable bonds is 6. The van der Waals surface area contributed by atoms with Crippen molar-refractivity contribution in [3.05, 3.63) is 125 Å². The lowest BCUT2D eigenvalue weighted by Crippen LogP contribution is -2.31. The number of nitrogens with one attached hydrogen (secondary N) is 6. The fourth-order valence-corrected chi connectivity index (χ4v) is 2.83. The average Bonchev–Trinajstić information content (AvgIpc) is 2.85. The number of hydrogen-bond acceptors (Lipinski definition) is 8. The Bertz CT molecular complexity index is 1370. The van der Waals surface area contributed by atoms with E-state index < -0.39 is 45.8 Å². The number of aromatic nitrogens is 6. The van der Waals surface area contributed by atoms with Gasteiger partial charge in [-0.2, -0.15) is 0 Å².